The Balaban J connectivity index is 2.33. The molecule has 2 rings (SSSR count). The number of hydrogen-bond donors (Lipinski definition) is 1. The summed E-state index contributed by atoms with van der Waals surface area (Å²) in [5.74, 6) is 1.38. The van der Waals surface area contributed by atoms with Crippen LogP contribution < -0.4 is 14.8 Å². The Morgan fingerprint density at radius 2 is 2.11 bits per heavy atom. The Morgan fingerprint density at radius 1 is 1.39 bits per heavy atom. The molecule has 98 valence electrons. The number of ether oxygens (including phenoxy) is 2. The lowest BCUT2D eigenvalue weighted by Crippen LogP contribution is -2.22. The van der Waals surface area contributed by atoms with Gasteiger partial charge in [-0.05, 0) is 38.6 Å². The molecule has 0 bridgehead atoms. The predicted octanol–water partition coefficient (Wildman–Crippen LogP) is 3.12. The summed E-state index contributed by atoms with van der Waals surface area (Å²) in [6, 6.07) is 4.20. The molecule has 0 spiro atoms. The van der Waals surface area contributed by atoms with Crippen LogP contribution in [0.15, 0.2) is 17.7 Å². The Morgan fingerprint density at radius 3 is 2.83 bits per heavy atom. The molecule has 0 saturated carbocycles. The van der Waals surface area contributed by atoms with Crippen LogP contribution in [0.1, 0.15) is 19.4 Å². The molecule has 0 amide bonds. The monoisotopic (exact) mass is 267 g/mol. The topological polar surface area (TPSA) is 30.5 Å². The van der Waals surface area contributed by atoms with Crippen molar-refractivity contribution in [3.63, 3.8) is 0 Å². The van der Waals surface area contributed by atoms with Gasteiger partial charge in [-0.1, -0.05) is 23.3 Å². The van der Waals surface area contributed by atoms with E-state index in [0.29, 0.717) is 30.0 Å². The van der Waals surface area contributed by atoms with Gasteiger partial charge in [-0.15, -0.1) is 0 Å². The summed E-state index contributed by atoms with van der Waals surface area (Å²) in [7, 11) is 1.94. The van der Waals surface area contributed by atoms with Crippen molar-refractivity contribution in [2.75, 3.05) is 20.3 Å². The lowest BCUT2D eigenvalue weighted by molar-refractivity contribution is 0.171. The van der Waals surface area contributed by atoms with Crippen molar-refractivity contribution in [2.45, 2.75) is 19.9 Å². The van der Waals surface area contributed by atoms with Gasteiger partial charge >= 0.3 is 0 Å². The Kier molecular flexibility index (Phi) is 4.15. The van der Waals surface area contributed by atoms with Crippen molar-refractivity contribution in [1.82, 2.24) is 5.32 Å². The van der Waals surface area contributed by atoms with Crippen LogP contribution in [0, 0.1) is 0 Å². The van der Waals surface area contributed by atoms with Gasteiger partial charge in [0.2, 0.25) is 0 Å². The summed E-state index contributed by atoms with van der Waals surface area (Å²) in [4.78, 5) is 0. The molecule has 4 heteroatoms. The first kappa shape index (κ1) is 13.2. The van der Waals surface area contributed by atoms with Crippen LogP contribution >= 0.6 is 11.6 Å². The van der Waals surface area contributed by atoms with Crippen molar-refractivity contribution in [3.05, 3.63) is 28.3 Å². The second-order valence-electron chi connectivity index (χ2n) is 4.43. The number of likely N-dealkylation sites (N-methyl/N-ethyl adjacent to an activating group) is 1. The van der Waals surface area contributed by atoms with Crippen molar-refractivity contribution < 1.29 is 9.47 Å². The quantitative estimate of drug-likeness (QED) is 0.913. The highest BCUT2D eigenvalue weighted by molar-refractivity contribution is 6.32. The molecule has 0 saturated heterocycles. The van der Waals surface area contributed by atoms with Gasteiger partial charge in [-0.3, -0.25) is 0 Å². The van der Waals surface area contributed by atoms with Gasteiger partial charge in [0, 0.05) is 6.04 Å². The summed E-state index contributed by atoms with van der Waals surface area (Å²) in [6.07, 6.45) is 2.10. The van der Waals surface area contributed by atoms with E-state index in [1.165, 1.54) is 5.57 Å². The lowest BCUT2D eigenvalue weighted by Gasteiger charge is -2.20. The number of nitrogens with one attached hydrogen (secondary N) is 1. The Hall–Kier alpha value is -1.19. The Bertz CT molecular complexity index is 471. The predicted molar refractivity (Wildman–Crippen MR) is 74.6 cm³/mol. The van der Waals surface area contributed by atoms with Gasteiger partial charge in [0.05, 0.1) is 5.02 Å². The molecule has 0 aliphatic carbocycles. The third-order valence-electron chi connectivity index (χ3n) is 3.13. The summed E-state index contributed by atoms with van der Waals surface area (Å²) < 4.78 is 11.1. The highest BCUT2D eigenvalue weighted by atomic mass is 35.5. The fourth-order valence-corrected chi connectivity index (χ4v) is 2.10. The molecule has 0 fully saturated rings. The van der Waals surface area contributed by atoms with E-state index in [-0.39, 0.29) is 0 Å². The molecule has 1 aromatic carbocycles. The van der Waals surface area contributed by atoms with E-state index in [0.717, 1.165) is 11.3 Å². The average molecular weight is 268 g/mol. The Labute approximate surface area is 113 Å². The number of halogens is 1. The van der Waals surface area contributed by atoms with Crippen LogP contribution in [0.5, 0.6) is 11.5 Å². The maximum atomic E-state index is 6.19. The largest absolute Gasteiger partial charge is 0.486 e. The minimum absolute atomic E-state index is 0.331. The van der Waals surface area contributed by atoms with Crippen molar-refractivity contribution in [2.24, 2.45) is 0 Å². The van der Waals surface area contributed by atoms with Crippen LogP contribution in [0.25, 0.3) is 6.08 Å². The molecule has 1 unspecified atom stereocenters. The highest BCUT2D eigenvalue weighted by Crippen LogP contribution is 2.38. The van der Waals surface area contributed by atoms with Crippen LogP contribution in [0.2, 0.25) is 5.02 Å². The van der Waals surface area contributed by atoms with Gasteiger partial charge in [0.1, 0.15) is 13.2 Å². The van der Waals surface area contributed by atoms with E-state index in [1.54, 1.807) is 0 Å². The molecule has 1 aliphatic rings. The molecule has 0 radical (unpaired) electrons. The van der Waals surface area contributed by atoms with Crippen LogP contribution in [0.3, 0.4) is 0 Å². The van der Waals surface area contributed by atoms with Crippen molar-refractivity contribution in [1.29, 1.82) is 0 Å². The third-order valence-corrected chi connectivity index (χ3v) is 3.41. The van der Waals surface area contributed by atoms with E-state index >= 15 is 0 Å². The molecule has 1 atom stereocenters. The van der Waals surface area contributed by atoms with Crippen LogP contribution in [-0.2, 0) is 0 Å². The minimum Gasteiger partial charge on any atom is -0.486 e. The zero-order chi connectivity index (χ0) is 13.1. The van der Waals surface area contributed by atoms with Crippen molar-refractivity contribution in [3.8, 4) is 11.5 Å². The highest BCUT2D eigenvalue weighted by Gasteiger charge is 2.16. The molecule has 3 nitrogen and oxygen atoms in total. The molecular formula is C14H18ClNO2. The van der Waals surface area contributed by atoms with Crippen LogP contribution in [-0.4, -0.2) is 26.3 Å². The minimum atomic E-state index is 0.331. The SMILES string of the molecule is CNC(C)/C(C)=C/c1cc(Cl)c2c(c1)OCCO2. The van der Waals surface area contributed by atoms with E-state index in [4.69, 9.17) is 21.1 Å². The van der Waals surface area contributed by atoms with E-state index in [9.17, 15) is 0 Å². The molecule has 18 heavy (non-hydrogen) atoms. The van der Waals surface area contributed by atoms with Gasteiger partial charge < -0.3 is 14.8 Å². The number of rotatable bonds is 3. The molecule has 0 aromatic heterocycles. The van der Waals surface area contributed by atoms with Crippen LogP contribution in [0.4, 0.5) is 0 Å². The van der Waals surface area contributed by atoms with Gasteiger partial charge in [-0.2, -0.15) is 0 Å². The number of hydrogen-bond acceptors (Lipinski definition) is 3. The van der Waals surface area contributed by atoms with E-state index < -0.39 is 0 Å². The molecular weight excluding hydrogens is 250 g/mol. The summed E-state index contributed by atoms with van der Waals surface area (Å²) in [5.41, 5.74) is 2.27. The van der Waals surface area contributed by atoms with Gasteiger partial charge in [0.15, 0.2) is 11.5 Å². The fraction of sp³-hybridized carbons (Fsp3) is 0.429. The maximum Gasteiger partial charge on any atom is 0.179 e. The lowest BCUT2D eigenvalue weighted by atomic mass is 10.1. The first-order valence-electron chi connectivity index (χ1n) is 6.06. The smallest absolute Gasteiger partial charge is 0.179 e. The summed E-state index contributed by atoms with van der Waals surface area (Å²) >= 11 is 6.19. The van der Waals surface area contributed by atoms with E-state index in [2.05, 4.69) is 25.2 Å². The third kappa shape index (κ3) is 2.79. The first-order chi connectivity index (χ1) is 8.61. The second kappa shape index (κ2) is 5.63. The zero-order valence-electron chi connectivity index (χ0n) is 10.9. The average Bonchev–Trinajstić information content (AvgIpc) is 2.37. The van der Waals surface area contributed by atoms with Gasteiger partial charge in [0.25, 0.3) is 0 Å². The molecule has 1 heterocycles. The fourth-order valence-electron chi connectivity index (χ4n) is 1.83. The second-order valence-corrected chi connectivity index (χ2v) is 4.83. The standard InChI is InChI=1S/C14H18ClNO2/c1-9(10(2)16-3)6-11-7-12(15)14-13(8-11)17-4-5-18-14/h6-8,10,16H,4-5H2,1-3H3/b9-6+. The number of benzene rings is 1. The van der Waals surface area contributed by atoms with E-state index in [1.807, 2.05) is 19.2 Å². The summed E-state index contributed by atoms with van der Waals surface area (Å²) in [5, 5.41) is 3.80. The normalized spacial score (nSPS) is 16.6. The molecule has 1 aromatic rings. The number of fused-ring (bicyclic) bond motifs is 1. The molecule has 1 aliphatic heterocycles. The first-order valence-corrected chi connectivity index (χ1v) is 6.44. The summed E-state index contributed by atoms with van der Waals surface area (Å²) in [6.45, 7) is 5.33. The van der Waals surface area contributed by atoms with Crippen molar-refractivity contribution >= 4 is 17.7 Å². The van der Waals surface area contributed by atoms with Gasteiger partial charge in [-0.25, -0.2) is 0 Å². The maximum absolute atomic E-state index is 6.19. The molecule has 1 N–H and O–H groups in total. The zero-order valence-corrected chi connectivity index (χ0v) is 11.7.